The molecule has 0 radical (unpaired) electrons. The van der Waals surface area contributed by atoms with Crippen LogP contribution in [0.2, 0.25) is 0 Å². The summed E-state index contributed by atoms with van der Waals surface area (Å²) in [6.45, 7) is 4.04. The predicted molar refractivity (Wildman–Crippen MR) is 212 cm³/mol. The highest BCUT2D eigenvalue weighted by Crippen LogP contribution is 2.18. The lowest BCUT2D eigenvalue weighted by molar-refractivity contribution is -0.687. The number of rotatable bonds is 22. The van der Waals surface area contributed by atoms with Crippen molar-refractivity contribution in [2.45, 2.75) is 63.3 Å². The van der Waals surface area contributed by atoms with Gasteiger partial charge in [0.05, 0.1) is 35.0 Å². The first-order chi connectivity index (χ1) is 26.4. The molecule has 0 spiro atoms. The molecular formula is C36H52Cl4N6O8S. The second kappa shape index (κ2) is 27.3. The number of nitrogens with one attached hydrogen (secondary N) is 2. The molecule has 19 heteroatoms. The van der Waals surface area contributed by atoms with Crippen LogP contribution >= 0.6 is 46.4 Å². The molecule has 6 N–H and O–H groups in total. The van der Waals surface area contributed by atoms with Crippen LogP contribution in [0.5, 0.6) is 0 Å². The van der Waals surface area contributed by atoms with Crippen molar-refractivity contribution in [3.63, 3.8) is 0 Å². The fourth-order valence-electron chi connectivity index (χ4n) is 5.49. The van der Waals surface area contributed by atoms with Crippen LogP contribution < -0.4 is 19.8 Å². The van der Waals surface area contributed by atoms with Crippen molar-refractivity contribution >= 4 is 56.8 Å². The zero-order chi connectivity index (χ0) is 40.6. The monoisotopic (exact) mass is 868 g/mol. The van der Waals surface area contributed by atoms with Crippen molar-refractivity contribution in [3.05, 3.63) is 85.5 Å². The summed E-state index contributed by atoms with van der Waals surface area (Å²) in [7, 11) is -5.17. The lowest BCUT2D eigenvalue weighted by Crippen LogP contribution is -2.47. The third kappa shape index (κ3) is 19.1. The predicted octanol–water partition coefficient (Wildman–Crippen LogP) is 1.91. The third-order valence-corrected chi connectivity index (χ3v) is 9.38. The normalized spacial score (nSPS) is 13.6. The number of imidazole rings is 2. The molecule has 55 heavy (non-hydrogen) atoms. The Morgan fingerprint density at radius 2 is 0.982 bits per heavy atom. The van der Waals surface area contributed by atoms with Gasteiger partial charge in [-0.1, -0.05) is 36.4 Å². The Bertz CT molecular complexity index is 1590. The Hall–Kier alpha value is -2.35. The summed E-state index contributed by atoms with van der Waals surface area (Å²) in [5, 5.41) is 44.5. The molecule has 4 unspecified atom stereocenters. The lowest BCUT2D eigenvalue weighted by atomic mass is 10.2. The van der Waals surface area contributed by atoms with Gasteiger partial charge in [-0.2, -0.15) is 0 Å². The standard InChI is InChI=1S/2C18H26Cl2N3O2.H2O4S/c2*19-11-16(21-7-4-10-24)13-22-8-9-23(14-17(25)12-20)18(22)15-5-2-1-3-6-15;1-5(2,3)4/h2*1-3,5-6,8-9,16-17,21,24-25H,4,7,10-14H2;(H2,1,2,3,4)/q2*+1;/p-2. The average molecular weight is 871 g/mol. The fraction of sp³-hybridized carbons (Fsp3) is 0.500. The van der Waals surface area contributed by atoms with Crippen molar-refractivity contribution < 1.29 is 47.1 Å². The smallest absolute Gasteiger partial charge is 0.288 e. The molecule has 0 fully saturated rings. The number of hydrogen-bond acceptors (Lipinski definition) is 10. The van der Waals surface area contributed by atoms with Crippen molar-refractivity contribution in [2.75, 3.05) is 49.8 Å². The van der Waals surface area contributed by atoms with E-state index in [1.165, 1.54) is 0 Å². The zero-order valence-electron chi connectivity index (χ0n) is 30.4. The van der Waals surface area contributed by atoms with Gasteiger partial charge in [-0.05, 0) is 50.2 Å². The molecule has 4 rings (SSSR count). The van der Waals surface area contributed by atoms with Gasteiger partial charge in [0.15, 0.2) is 0 Å². The van der Waals surface area contributed by atoms with Crippen molar-refractivity contribution in [1.82, 2.24) is 19.8 Å². The molecule has 0 amide bonds. The second-order valence-corrected chi connectivity index (χ2v) is 14.4. The molecule has 14 nitrogen and oxygen atoms in total. The maximum Gasteiger partial charge on any atom is 0.288 e. The number of hydrogen-bond donors (Lipinski definition) is 6. The lowest BCUT2D eigenvalue weighted by Gasteiger charge is -2.15. The van der Waals surface area contributed by atoms with Gasteiger partial charge in [0.2, 0.25) is 0 Å². The number of alkyl halides is 4. The number of nitrogens with zero attached hydrogens (tertiary/aromatic N) is 4. The Balaban J connectivity index is 0.000000338. The molecule has 0 aliphatic heterocycles. The van der Waals surface area contributed by atoms with Crippen LogP contribution in [-0.2, 0) is 36.6 Å². The molecule has 0 aliphatic rings. The molecule has 2 heterocycles. The summed E-state index contributed by atoms with van der Waals surface area (Å²) in [4.78, 5) is 0. The van der Waals surface area contributed by atoms with E-state index in [0.29, 0.717) is 50.8 Å². The van der Waals surface area contributed by atoms with Crippen LogP contribution in [0.1, 0.15) is 12.8 Å². The van der Waals surface area contributed by atoms with E-state index in [2.05, 4.69) is 19.8 Å². The van der Waals surface area contributed by atoms with E-state index < -0.39 is 22.6 Å². The van der Waals surface area contributed by atoms with Gasteiger partial charge < -0.3 is 40.2 Å². The zero-order valence-corrected chi connectivity index (χ0v) is 34.3. The highest BCUT2D eigenvalue weighted by Gasteiger charge is 2.25. The van der Waals surface area contributed by atoms with Crippen LogP contribution in [0.15, 0.2) is 85.5 Å². The third-order valence-electron chi connectivity index (χ3n) is 7.92. The van der Waals surface area contributed by atoms with Gasteiger partial charge in [-0.15, -0.1) is 46.4 Å². The van der Waals surface area contributed by atoms with Gasteiger partial charge in [0.1, 0.15) is 63.2 Å². The molecule has 0 aliphatic carbocycles. The molecular weight excluding hydrogens is 818 g/mol. The summed E-state index contributed by atoms with van der Waals surface area (Å²) in [5.41, 5.74) is 2.14. The second-order valence-electron chi connectivity index (χ2n) is 12.4. The van der Waals surface area contributed by atoms with Crippen molar-refractivity contribution in [2.24, 2.45) is 0 Å². The van der Waals surface area contributed by atoms with Gasteiger partial charge in [0, 0.05) is 35.4 Å². The minimum Gasteiger partial charge on any atom is -0.759 e. The first-order valence-corrected chi connectivity index (χ1v) is 21.1. The van der Waals surface area contributed by atoms with Crippen LogP contribution in [0, 0.1) is 0 Å². The number of benzene rings is 2. The molecule has 0 bridgehead atoms. The van der Waals surface area contributed by atoms with Gasteiger partial charge >= 0.3 is 0 Å². The molecule has 2 aromatic carbocycles. The quantitative estimate of drug-likeness (QED) is 0.0223. The molecule has 308 valence electrons. The molecule has 4 aromatic rings. The van der Waals surface area contributed by atoms with Gasteiger partial charge in [-0.3, -0.25) is 8.42 Å². The number of halogens is 4. The minimum atomic E-state index is -5.17. The summed E-state index contributed by atoms with van der Waals surface area (Å²) in [6, 6.07) is 20.3. The van der Waals surface area contributed by atoms with Crippen molar-refractivity contribution in [1.29, 1.82) is 0 Å². The van der Waals surface area contributed by atoms with E-state index in [4.69, 9.17) is 74.1 Å². The number of aliphatic hydroxyl groups excluding tert-OH is 4. The van der Waals surface area contributed by atoms with Crippen LogP contribution in [0.3, 0.4) is 0 Å². The molecule has 0 saturated carbocycles. The Kier molecular flexibility index (Phi) is 24.2. The van der Waals surface area contributed by atoms with Gasteiger partial charge in [-0.25, -0.2) is 18.3 Å². The highest BCUT2D eigenvalue weighted by atomic mass is 35.5. The average Bonchev–Trinajstić information content (AvgIpc) is 3.76. The van der Waals surface area contributed by atoms with Crippen LogP contribution in [-0.4, -0.2) is 121 Å². The largest absolute Gasteiger partial charge is 0.759 e. The van der Waals surface area contributed by atoms with E-state index in [0.717, 1.165) is 35.9 Å². The number of aromatic nitrogens is 4. The first kappa shape index (κ1) is 48.8. The summed E-state index contributed by atoms with van der Waals surface area (Å²) >= 11 is 23.7. The first-order valence-electron chi connectivity index (χ1n) is 17.6. The topological polar surface area (TPSA) is 203 Å². The Morgan fingerprint density at radius 3 is 1.27 bits per heavy atom. The SMILES string of the molecule is O=S(=O)([O-])[O-].OCCCNC(CCl)C[n+]1ccn(CC(O)CCl)c1-c1ccccc1.OCCCNC(CCl)C[n+]1ccn(CC(O)CCl)c1-c1ccccc1. The van der Waals surface area contributed by atoms with E-state index in [9.17, 15) is 10.2 Å². The van der Waals surface area contributed by atoms with E-state index in [1.54, 1.807) is 0 Å². The fourth-order valence-corrected chi connectivity index (χ4v) is 6.10. The molecule has 2 aromatic heterocycles. The maximum atomic E-state index is 9.94. The maximum absolute atomic E-state index is 9.94. The van der Waals surface area contributed by atoms with E-state index in [1.807, 2.05) is 94.6 Å². The minimum absolute atomic E-state index is 0.0921. The van der Waals surface area contributed by atoms with E-state index >= 15 is 0 Å². The van der Waals surface area contributed by atoms with Crippen LogP contribution in [0.4, 0.5) is 0 Å². The highest BCUT2D eigenvalue weighted by molar-refractivity contribution is 7.79. The Morgan fingerprint density at radius 1 is 0.636 bits per heavy atom. The number of aliphatic hydroxyl groups is 4. The summed E-state index contributed by atoms with van der Waals surface area (Å²) in [5.74, 6) is 3.34. The Labute approximate surface area is 343 Å². The van der Waals surface area contributed by atoms with Crippen LogP contribution in [0.25, 0.3) is 22.8 Å². The van der Waals surface area contributed by atoms with E-state index in [-0.39, 0.29) is 37.1 Å². The van der Waals surface area contributed by atoms with Gasteiger partial charge in [0.25, 0.3) is 11.6 Å². The summed E-state index contributed by atoms with van der Waals surface area (Å²) in [6.07, 6.45) is 8.10. The van der Waals surface area contributed by atoms with Crippen molar-refractivity contribution in [3.8, 4) is 22.8 Å². The molecule has 0 saturated heterocycles. The molecule has 4 atom stereocenters. The summed E-state index contributed by atoms with van der Waals surface area (Å²) < 4.78 is 42.4.